The second kappa shape index (κ2) is 5.87. The maximum Gasteiger partial charge on any atom is 0.340 e. The minimum absolute atomic E-state index is 0.165. The summed E-state index contributed by atoms with van der Waals surface area (Å²) < 4.78 is 28.3. The van der Waals surface area contributed by atoms with E-state index < -0.39 is 17.7 Å². The number of carbonyl (C=O) groups excluding carboxylic acids is 1. The third-order valence-corrected chi connectivity index (χ3v) is 3.10. The first-order valence-corrected chi connectivity index (χ1v) is 6.61. The minimum Gasteiger partial charge on any atom is -0.293 e. The number of aromatic nitrogens is 3. The lowest BCUT2D eigenvalue weighted by atomic mass is 10.3. The van der Waals surface area contributed by atoms with E-state index >= 15 is 0 Å². The van der Waals surface area contributed by atoms with Crippen molar-refractivity contribution in [3.05, 3.63) is 54.2 Å². The van der Waals surface area contributed by atoms with E-state index in [0.717, 1.165) is 23.1 Å². The molecular formula is C14H12F2N6O. The highest BCUT2D eigenvalue weighted by molar-refractivity contribution is 5.92. The monoisotopic (exact) mass is 318 g/mol. The molecule has 1 aromatic carbocycles. The summed E-state index contributed by atoms with van der Waals surface area (Å²) in [7, 11) is 1.31. The van der Waals surface area contributed by atoms with E-state index in [1.54, 1.807) is 24.4 Å². The Morgan fingerprint density at radius 1 is 1.26 bits per heavy atom. The fourth-order valence-electron chi connectivity index (χ4n) is 1.93. The van der Waals surface area contributed by atoms with Crippen molar-refractivity contribution in [2.75, 3.05) is 17.4 Å². The zero-order valence-electron chi connectivity index (χ0n) is 12.0. The highest BCUT2D eigenvalue weighted by Gasteiger charge is 2.16. The summed E-state index contributed by atoms with van der Waals surface area (Å²) in [6, 6.07) is 7.48. The van der Waals surface area contributed by atoms with Crippen LogP contribution in [0.1, 0.15) is 0 Å². The Hall–Kier alpha value is -3.23. The van der Waals surface area contributed by atoms with Gasteiger partial charge in [-0.2, -0.15) is 4.98 Å². The summed E-state index contributed by atoms with van der Waals surface area (Å²) >= 11 is 0. The van der Waals surface area contributed by atoms with Crippen molar-refractivity contribution in [1.29, 1.82) is 0 Å². The van der Waals surface area contributed by atoms with Crippen LogP contribution >= 0.6 is 0 Å². The molecule has 2 amide bonds. The number of rotatable bonds is 3. The van der Waals surface area contributed by atoms with Crippen LogP contribution in [0, 0.1) is 11.6 Å². The third-order valence-electron chi connectivity index (χ3n) is 3.10. The molecule has 7 nitrogen and oxygen atoms in total. The van der Waals surface area contributed by atoms with Gasteiger partial charge in [-0.1, -0.05) is 6.07 Å². The van der Waals surface area contributed by atoms with Crippen LogP contribution in [0.15, 0.2) is 42.6 Å². The lowest BCUT2D eigenvalue weighted by Gasteiger charge is -2.18. The van der Waals surface area contributed by atoms with Crippen LogP contribution in [0.2, 0.25) is 0 Å². The molecule has 0 aliphatic rings. The van der Waals surface area contributed by atoms with Crippen LogP contribution in [-0.4, -0.2) is 27.7 Å². The Labute approximate surface area is 129 Å². The molecule has 0 fully saturated rings. The lowest BCUT2D eigenvalue weighted by molar-refractivity contribution is 0.249. The molecule has 0 bridgehead atoms. The van der Waals surface area contributed by atoms with E-state index in [1.165, 1.54) is 11.6 Å². The number of pyridine rings is 1. The minimum atomic E-state index is -0.713. The predicted molar refractivity (Wildman–Crippen MR) is 79.9 cm³/mol. The van der Waals surface area contributed by atoms with Gasteiger partial charge >= 0.3 is 6.03 Å². The number of benzene rings is 1. The predicted octanol–water partition coefficient (Wildman–Crippen LogP) is 2.18. The molecule has 118 valence electrons. The smallest absolute Gasteiger partial charge is 0.293 e. The van der Waals surface area contributed by atoms with E-state index in [0.29, 0.717) is 5.65 Å². The normalized spacial score (nSPS) is 10.6. The van der Waals surface area contributed by atoms with Gasteiger partial charge in [-0.25, -0.2) is 23.5 Å². The van der Waals surface area contributed by atoms with Crippen LogP contribution in [0.4, 0.5) is 25.2 Å². The highest BCUT2D eigenvalue weighted by Crippen LogP contribution is 2.19. The molecule has 0 saturated heterocycles. The number of anilines is 2. The lowest BCUT2D eigenvalue weighted by Crippen LogP contribution is -2.41. The zero-order chi connectivity index (χ0) is 16.4. The second-order valence-electron chi connectivity index (χ2n) is 4.65. The number of hydrazine groups is 1. The van der Waals surface area contributed by atoms with Crippen molar-refractivity contribution in [1.82, 2.24) is 20.0 Å². The van der Waals surface area contributed by atoms with E-state index in [4.69, 9.17) is 0 Å². The Balaban J connectivity index is 1.70. The second-order valence-corrected chi connectivity index (χ2v) is 4.65. The molecule has 0 spiro atoms. The SMILES string of the molecule is CN(C(=O)NNc1nc2ccccn2n1)c1cc(F)ccc1F. The van der Waals surface area contributed by atoms with Crippen LogP contribution in [0.25, 0.3) is 5.65 Å². The maximum atomic E-state index is 13.6. The third kappa shape index (κ3) is 3.03. The fraction of sp³-hybridized carbons (Fsp3) is 0.0714. The molecule has 0 aliphatic carbocycles. The van der Waals surface area contributed by atoms with E-state index in [1.807, 2.05) is 0 Å². The quantitative estimate of drug-likeness (QED) is 0.726. The number of amides is 2. The molecule has 0 aliphatic heterocycles. The molecule has 0 radical (unpaired) electrons. The van der Waals surface area contributed by atoms with Gasteiger partial charge in [-0.3, -0.25) is 10.3 Å². The number of halogens is 2. The van der Waals surface area contributed by atoms with Gasteiger partial charge in [-0.15, -0.1) is 5.10 Å². The number of nitrogens with zero attached hydrogens (tertiary/aromatic N) is 4. The molecule has 9 heteroatoms. The van der Waals surface area contributed by atoms with Gasteiger partial charge in [0, 0.05) is 19.3 Å². The van der Waals surface area contributed by atoms with Gasteiger partial charge in [0.05, 0.1) is 5.69 Å². The summed E-state index contributed by atoms with van der Waals surface area (Å²) in [4.78, 5) is 17.0. The number of hydrogen-bond acceptors (Lipinski definition) is 4. The van der Waals surface area contributed by atoms with Gasteiger partial charge in [0.2, 0.25) is 0 Å². The zero-order valence-corrected chi connectivity index (χ0v) is 12.0. The molecule has 23 heavy (non-hydrogen) atoms. The van der Waals surface area contributed by atoms with Crippen molar-refractivity contribution in [3.63, 3.8) is 0 Å². The van der Waals surface area contributed by atoms with Crippen molar-refractivity contribution in [2.45, 2.75) is 0 Å². The highest BCUT2D eigenvalue weighted by atomic mass is 19.1. The molecule has 0 unspecified atom stereocenters. The number of fused-ring (bicyclic) bond motifs is 1. The topological polar surface area (TPSA) is 74.6 Å². The summed E-state index contributed by atoms with van der Waals surface area (Å²) in [6.07, 6.45) is 1.70. The van der Waals surface area contributed by atoms with Gasteiger partial charge in [0.1, 0.15) is 11.6 Å². The van der Waals surface area contributed by atoms with E-state index in [2.05, 4.69) is 20.9 Å². The largest absolute Gasteiger partial charge is 0.340 e. The first-order valence-electron chi connectivity index (χ1n) is 6.61. The molecule has 3 aromatic rings. The Kier molecular flexibility index (Phi) is 3.75. The van der Waals surface area contributed by atoms with Gasteiger partial charge in [-0.05, 0) is 24.3 Å². The Morgan fingerprint density at radius 3 is 2.87 bits per heavy atom. The number of hydrogen-bond donors (Lipinski definition) is 2. The van der Waals surface area contributed by atoms with Crippen molar-refractivity contribution in [3.8, 4) is 0 Å². The van der Waals surface area contributed by atoms with Gasteiger partial charge < -0.3 is 0 Å². The van der Waals surface area contributed by atoms with E-state index in [9.17, 15) is 13.6 Å². The van der Waals surface area contributed by atoms with Crippen molar-refractivity contribution in [2.24, 2.45) is 0 Å². The molecular weight excluding hydrogens is 306 g/mol. The van der Waals surface area contributed by atoms with Crippen LogP contribution in [-0.2, 0) is 0 Å². The molecule has 3 rings (SSSR count). The molecule has 2 aromatic heterocycles. The number of carbonyl (C=O) groups is 1. The number of urea groups is 1. The summed E-state index contributed by atoms with van der Waals surface area (Å²) in [5.41, 5.74) is 5.24. The van der Waals surface area contributed by atoms with Crippen LogP contribution in [0.3, 0.4) is 0 Å². The summed E-state index contributed by atoms with van der Waals surface area (Å²) in [5.74, 6) is -1.19. The Bertz CT molecular complexity index is 832. The summed E-state index contributed by atoms with van der Waals surface area (Å²) in [5, 5.41) is 4.08. The Morgan fingerprint density at radius 2 is 2.09 bits per heavy atom. The average molecular weight is 318 g/mol. The molecule has 0 atom stereocenters. The molecule has 2 heterocycles. The fourth-order valence-corrected chi connectivity index (χ4v) is 1.93. The van der Waals surface area contributed by atoms with Crippen LogP contribution < -0.4 is 15.8 Å². The first kappa shape index (κ1) is 14.7. The summed E-state index contributed by atoms with van der Waals surface area (Å²) in [6.45, 7) is 0. The standard InChI is InChI=1S/C14H12F2N6O/c1-21(11-8-9(15)5-6-10(11)16)14(23)19-18-13-17-12-4-2-3-7-22(12)20-13/h2-8H,1H3,(H,18,20)(H,19,23). The van der Waals surface area contributed by atoms with Gasteiger partial charge in [0.15, 0.2) is 5.65 Å². The average Bonchev–Trinajstić information content (AvgIpc) is 2.97. The van der Waals surface area contributed by atoms with Crippen molar-refractivity contribution >= 4 is 23.3 Å². The van der Waals surface area contributed by atoms with Gasteiger partial charge in [0.25, 0.3) is 5.95 Å². The molecule has 2 N–H and O–H groups in total. The maximum absolute atomic E-state index is 13.6. The number of nitrogens with one attached hydrogen (secondary N) is 2. The van der Waals surface area contributed by atoms with E-state index in [-0.39, 0.29) is 11.6 Å². The first-order chi connectivity index (χ1) is 11.0. The molecule has 0 saturated carbocycles. The van der Waals surface area contributed by atoms with Crippen LogP contribution in [0.5, 0.6) is 0 Å². The van der Waals surface area contributed by atoms with Crippen molar-refractivity contribution < 1.29 is 13.6 Å².